The largest absolute Gasteiger partial charge is 0.491 e. The van der Waals surface area contributed by atoms with E-state index in [2.05, 4.69) is 11.9 Å². The molecule has 0 aliphatic heterocycles. The second-order valence-electron chi connectivity index (χ2n) is 6.26. The Morgan fingerprint density at radius 2 is 1.83 bits per heavy atom. The van der Waals surface area contributed by atoms with E-state index in [0.29, 0.717) is 37.4 Å². The van der Waals surface area contributed by atoms with Gasteiger partial charge in [0.15, 0.2) is 0 Å². The van der Waals surface area contributed by atoms with E-state index in [9.17, 15) is 5.11 Å². The lowest BCUT2D eigenvalue weighted by molar-refractivity contribution is 0.00326. The minimum absolute atomic E-state index is 0. The van der Waals surface area contributed by atoms with E-state index in [4.69, 9.17) is 21.1 Å². The minimum atomic E-state index is -0.447. The molecule has 1 aliphatic carbocycles. The van der Waals surface area contributed by atoms with Gasteiger partial charge >= 0.3 is 0 Å². The van der Waals surface area contributed by atoms with Crippen LogP contribution in [0.25, 0.3) is 0 Å². The maximum absolute atomic E-state index is 10.1. The number of hydrogen-bond donors (Lipinski definition) is 1. The van der Waals surface area contributed by atoms with Crippen LogP contribution in [0.3, 0.4) is 0 Å². The average Bonchev–Trinajstić information content (AvgIpc) is 2.57. The standard InChI is InChI=1S/C18H28ClNO3.ClH/c1-20(16-5-3-2-4-6-16)13-17(21)14-22-11-12-23-18-9-7-15(19)8-10-18;/h7-10,16-17,21H,2-6,11-14H2,1H3;1H. The zero-order valence-corrected chi connectivity index (χ0v) is 15.9. The SMILES string of the molecule is CN(CC(O)COCCOc1ccc(Cl)cc1)C1CCCCC1.Cl. The van der Waals surface area contributed by atoms with Gasteiger partial charge in [0, 0.05) is 17.6 Å². The first-order chi connectivity index (χ1) is 11.1. The summed E-state index contributed by atoms with van der Waals surface area (Å²) in [6, 6.07) is 7.87. The Hall–Kier alpha value is -0.520. The molecule has 1 N–H and O–H groups in total. The van der Waals surface area contributed by atoms with Crippen LogP contribution in [-0.2, 0) is 4.74 Å². The Balaban J connectivity index is 0.00000288. The van der Waals surface area contributed by atoms with Crippen molar-refractivity contribution < 1.29 is 14.6 Å². The van der Waals surface area contributed by atoms with Gasteiger partial charge in [-0.15, -0.1) is 12.4 Å². The number of aliphatic hydroxyl groups is 1. The number of nitrogens with zero attached hydrogens (tertiary/aromatic N) is 1. The van der Waals surface area contributed by atoms with Crippen LogP contribution < -0.4 is 4.74 Å². The zero-order valence-electron chi connectivity index (χ0n) is 14.3. The molecule has 24 heavy (non-hydrogen) atoms. The van der Waals surface area contributed by atoms with Crippen molar-refractivity contribution in [2.45, 2.75) is 44.2 Å². The average molecular weight is 378 g/mol. The van der Waals surface area contributed by atoms with E-state index in [1.165, 1.54) is 32.1 Å². The van der Waals surface area contributed by atoms with Crippen molar-refractivity contribution in [3.63, 3.8) is 0 Å². The summed E-state index contributed by atoms with van der Waals surface area (Å²) >= 11 is 5.82. The van der Waals surface area contributed by atoms with Crippen LogP contribution in [0.1, 0.15) is 32.1 Å². The molecule has 138 valence electrons. The molecule has 4 nitrogen and oxygen atoms in total. The topological polar surface area (TPSA) is 41.9 Å². The Morgan fingerprint density at radius 1 is 1.17 bits per heavy atom. The summed E-state index contributed by atoms with van der Waals surface area (Å²) < 4.78 is 11.0. The monoisotopic (exact) mass is 377 g/mol. The number of halogens is 2. The number of ether oxygens (including phenoxy) is 2. The number of likely N-dealkylation sites (N-methyl/N-ethyl adjacent to an activating group) is 1. The number of rotatable bonds is 9. The number of hydrogen-bond acceptors (Lipinski definition) is 4. The smallest absolute Gasteiger partial charge is 0.119 e. The summed E-state index contributed by atoms with van der Waals surface area (Å²) in [5, 5.41) is 10.8. The third-order valence-corrected chi connectivity index (χ3v) is 4.57. The summed E-state index contributed by atoms with van der Waals surface area (Å²) in [5.41, 5.74) is 0. The van der Waals surface area contributed by atoms with Crippen molar-refractivity contribution >= 4 is 24.0 Å². The van der Waals surface area contributed by atoms with Crippen LogP contribution in [0.15, 0.2) is 24.3 Å². The minimum Gasteiger partial charge on any atom is -0.491 e. The van der Waals surface area contributed by atoms with Crippen molar-refractivity contribution in [3.8, 4) is 5.75 Å². The molecule has 2 rings (SSSR count). The van der Waals surface area contributed by atoms with Crippen LogP contribution in [0.4, 0.5) is 0 Å². The molecule has 1 unspecified atom stereocenters. The first kappa shape index (κ1) is 21.5. The van der Waals surface area contributed by atoms with Crippen LogP contribution in [0, 0.1) is 0 Å². The molecular weight excluding hydrogens is 349 g/mol. The van der Waals surface area contributed by atoms with E-state index in [1.807, 2.05) is 12.1 Å². The van der Waals surface area contributed by atoms with E-state index < -0.39 is 6.10 Å². The lowest BCUT2D eigenvalue weighted by atomic mass is 9.94. The normalized spacial score (nSPS) is 16.7. The third kappa shape index (κ3) is 8.04. The van der Waals surface area contributed by atoms with Gasteiger partial charge in [-0.3, -0.25) is 0 Å². The van der Waals surface area contributed by atoms with E-state index in [0.717, 1.165) is 5.75 Å². The molecule has 0 heterocycles. The molecule has 1 atom stereocenters. The fourth-order valence-electron chi connectivity index (χ4n) is 3.02. The molecule has 0 radical (unpaired) electrons. The van der Waals surface area contributed by atoms with Crippen molar-refractivity contribution in [1.29, 1.82) is 0 Å². The summed E-state index contributed by atoms with van der Waals surface area (Å²) in [7, 11) is 2.10. The van der Waals surface area contributed by atoms with Gasteiger partial charge in [-0.25, -0.2) is 0 Å². The second kappa shape index (κ2) is 11.9. The fourth-order valence-corrected chi connectivity index (χ4v) is 3.15. The summed E-state index contributed by atoms with van der Waals surface area (Å²) in [5.74, 6) is 0.774. The molecule has 1 aliphatic rings. The zero-order chi connectivity index (χ0) is 16.5. The van der Waals surface area contributed by atoms with E-state index >= 15 is 0 Å². The molecule has 1 fully saturated rings. The molecule has 0 aromatic heterocycles. The maximum Gasteiger partial charge on any atom is 0.119 e. The quantitative estimate of drug-likeness (QED) is 0.664. The molecule has 1 saturated carbocycles. The molecule has 0 saturated heterocycles. The second-order valence-corrected chi connectivity index (χ2v) is 6.70. The van der Waals surface area contributed by atoms with Crippen molar-refractivity contribution in [3.05, 3.63) is 29.3 Å². The lowest BCUT2D eigenvalue weighted by Gasteiger charge is -2.32. The Labute approximate surface area is 156 Å². The predicted octanol–water partition coefficient (Wildman–Crippen LogP) is 3.78. The van der Waals surface area contributed by atoms with E-state index in [1.54, 1.807) is 12.1 Å². The third-order valence-electron chi connectivity index (χ3n) is 4.32. The molecule has 0 spiro atoms. The lowest BCUT2D eigenvalue weighted by Crippen LogP contribution is -2.40. The van der Waals surface area contributed by atoms with Crippen molar-refractivity contribution in [2.75, 3.05) is 33.4 Å². The van der Waals surface area contributed by atoms with Crippen LogP contribution >= 0.6 is 24.0 Å². The Bertz CT molecular complexity index is 438. The van der Waals surface area contributed by atoms with Gasteiger partial charge in [0.1, 0.15) is 12.4 Å². The first-order valence-corrected chi connectivity index (χ1v) is 8.87. The van der Waals surface area contributed by atoms with Gasteiger partial charge in [0.25, 0.3) is 0 Å². The maximum atomic E-state index is 10.1. The van der Waals surface area contributed by atoms with Crippen LogP contribution in [0.2, 0.25) is 5.02 Å². The molecule has 0 bridgehead atoms. The summed E-state index contributed by atoms with van der Waals surface area (Å²) in [6.07, 6.45) is 6.02. The highest BCUT2D eigenvalue weighted by molar-refractivity contribution is 6.30. The number of aliphatic hydroxyl groups excluding tert-OH is 1. The molecule has 0 amide bonds. The van der Waals surface area contributed by atoms with Crippen LogP contribution in [-0.4, -0.2) is 55.6 Å². The van der Waals surface area contributed by atoms with Gasteiger partial charge in [-0.05, 0) is 44.2 Å². The van der Waals surface area contributed by atoms with Crippen molar-refractivity contribution in [2.24, 2.45) is 0 Å². The molecular formula is C18H29Cl2NO3. The highest BCUT2D eigenvalue weighted by Gasteiger charge is 2.19. The summed E-state index contributed by atoms with van der Waals surface area (Å²) in [4.78, 5) is 2.28. The fraction of sp³-hybridized carbons (Fsp3) is 0.667. The Kier molecular flexibility index (Phi) is 10.7. The van der Waals surface area contributed by atoms with E-state index in [-0.39, 0.29) is 12.4 Å². The molecule has 6 heteroatoms. The summed E-state index contributed by atoms with van der Waals surface area (Å²) in [6.45, 7) is 1.95. The van der Waals surface area contributed by atoms with Gasteiger partial charge in [0.2, 0.25) is 0 Å². The Morgan fingerprint density at radius 3 is 2.50 bits per heavy atom. The first-order valence-electron chi connectivity index (χ1n) is 8.49. The van der Waals surface area contributed by atoms with Gasteiger partial charge in [-0.2, -0.15) is 0 Å². The van der Waals surface area contributed by atoms with Gasteiger partial charge in [0.05, 0.1) is 19.3 Å². The molecule has 1 aromatic carbocycles. The van der Waals surface area contributed by atoms with Gasteiger partial charge < -0.3 is 19.5 Å². The highest BCUT2D eigenvalue weighted by Crippen LogP contribution is 2.21. The van der Waals surface area contributed by atoms with Crippen molar-refractivity contribution in [1.82, 2.24) is 4.90 Å². The highest BCUT2D eigenvalue weighted by atomic mass is 35.5. The predicted molar refractivity (Wildman–Crippen MR) is 101 cm³/mol. The molecule has 1 aromatic rings. The van der Waals surface area contributed by atoms with Crippen LogP contribution in [0.5, 0.6) is 5.75 Å². The van der Waals surface area contributed by atoms with Gasteiger partial charge in [-0.1, -0.05) is 30.9 Å². The number of benzene rings is 1.